The van der Waals surface area contributed by atoms with Crippen molar-refractivity contribution in [2.75, 3.05) is 5.32 Å². The lowest BCUT2D eigenvalue weighted by atomic mass is 9.99. The molecule has 0 atom stereocenters. The number of nitrogens with two attached hydrogens (primary N) is 1. The van der Waals surface area contributed by atoms with E-state index in [1.807, 2.05) is 18.2 Å². The summed E-state index contributed by atoms with van der Waals surface area (Å²) in [5.41, 5.74) is 11.5. The van der Waals surface area contributed by atoms with Crippen LogP contribution in [0.1, 0.15) is 35.3 Å². The third-order valence-corrected chi connectivity index (χ3v) is 4.77. The summed E-state index contributed by atoms with van der Waals surface area (Å²) in [6.07, 6.45) is 1.55. The maximum Gasteiger partial charge on any atom is 0.248 e. The zero-order valence-electron chi connectivity index (χ0n) is 15.1. The first-order chi connectivity index (χ1) is 12.9. The molecule has 1 amide bonds. The van der Waals surface area contributed by atoms with Gasteiger partial charge in [0.2, 0.25) is 11.2 Å². The van der Waals surface area contributed by atoms with Crippen LogP contribution >= 0.6 is 11.6 Å². The number of aromatic nitrogens is 2. The number of aromatic amines is 1. The number of rotatable bonds is 4. The summed E-state index contributed by atoms with van der Waals surface area (Å²) < 4.78 is 0. The van der Waals surface area contributed by atoms with Gasteiger partial charge in [0.15, 0.2) is 0 Å². The number of amidine groups is 1. The number of carbonyl (C=O) groups excluding carboxylic acids is 1. The van der Waals surface area contributed by atoms with E-state index in [9.17, 15) is 4.79 Å². The minimum absolute atomic E-state index is 0.350. The average molecular weight is 382 g/mol. The molecule has 4 rings (SSSR count). The van der Waals surface area contributed by atoms with Gasteiger partial charge in [-0.2, -0.15) is 0 Å². The molecule has 0 radical (unpaired) electrons. The Kier molecular flexibility index (Phi) is 4.36. The van der Waals surface area contributed by atoms with Crippen molar-refractivity contribution in [2.45, 2.75) is 26.7 Å². The molecule has 7 heteroatoms. The monoisotopic (exact) mass is 381 g/mol. The molecule has 4 N–H and O–H groups in total. The molecule has 3 aromatic rings. The van der Waals surface area contributed by atoms with Gasteiger partial charge in [-0.3, -0.25) is 4.79 Å². The summed E-state index contributed by atoms with van der Waals surface area (Å²) in [4.78, 5) is 23.7. The molecular formula is C20H20ClN5O. The van der Waals surface area contributed by atoms with Crippen LogP contribution in [0.5, 0.6) is 0 Å². The van der Waals surface area contributed by atoms with E-state index in [4.69, 9.17) is 22.3 Å². The van der Waals surface area contributed by atoms with E-state index in [-0.39, 0.29) is 0 Å². The third kappa shape index (κ3) is 3.40. The van der Waals surface area contributed by atoms with Crippen LogP contribution in [0.15, 0.2) is 35.3 Å². The van der Waals surface area contributed by atoms with Gasteiger partial charge in [0.1, 0.15) is 11.4 Å². The van der Waals surface area contributed by atoms with E-state index in [1.54, 1.807) is 12.1 Å². The lowest BCUT2D eigenvalue weighted by molar-refractivity contribution is 0.100. The van der Waals surface area contributed by atoms with Crippen molar-refractivity contribution in [3.05, 3.63) is 52.3 Å². The molecule has 1 aliphatic rings. The number of halogens is 1. The average Bonchev–Trinajstić information content (AvgIpc) is 3.17. The van der Waals surface area contributed by atoms with E-state index in [0.717, 1.165) is 45.8 Å². The van der Waals surface area contributed by atoms with Gasteiger partial charge in [-0.05, 0) is 53.3 Å². The zero-order chi connectivity index (χ0) is 19.1. The van der Waals surface area contributed by atoms with E-state index < -0.39 is 5.91 Å². The number of anilines is 1. The van der Waals surface area contributed by atoms with E-state index in [2.05, 4.69) is 29.1 Å². The molecule has 0 bridgehead atoms. The first kappa shape index (κ1) is 17.5. The molecule has 0 spiro atoms. The Morgan fingerprint density at radius 1 is 1.33 bits per heavy atom. The number of benzene rings is 2. The molecule has 0 aliphatic carbocycles. The second-order valence-electron chi connectivity index (χ2n) is 7.19. The molecule has 0 unspecified atom stereocenters. The van der Waals surface area contributed by atoms with Gasteiger partial charge in [0.05, 0.1) is 11.2 Å². The summed E-state index contributed by atoms with van der Waals surface area (Å²) in [7, 11) is 0. The van der Waals surface area contributed by atoms with Gasteiger partial charge in [-0.25, -0.2) is 9.98 Å². The molecule has 2 aromatic carbocycles. The Hall–Kier alpha value is -2.86. The number of fused-ring (bicyclic) bond motifs is 3. The van der Waals surface area contributed by atoms with Crippen LogP contribution in [0.3, 0.4) is 0 Å². The van der Waals surface area contributed by atoms with E-state index >= 15 is 0 Å². The quantitative estimate of drug-likeness (QED) is 0.631. The molecule has 0 fully saturated rings. The predicted octanol–water partition coefficient (Wildman–Crippen LogP) is 4.21. The Bertz CT molecular complexity index is 1080. The van der Waals surface area contributed by atoms with Crippen LogP contribution in [0.2, 0.25) is 5.28 Å². The van der Waals surface area contributed by atoms with Crippen LogP contribution < -0.4 is 11.1 Å². The first-order valence-corrected chi connectivity index (χ1v) is 9.23. The molecule has 0 saturated heterocycles. The number of nitrogens with one attached hydrogen (secondary N) is 2. The van der Waals surface area contributed by atoms with Crippen molar-refractivity contribution in [1.82, 2.24) is 9.97 Å². The molecule has 2 heterocycles. The Labute approximate surface area is 161 Å². The van der Waals surface area contributed by atoms with Crippen LogP contribution in [-0.4, -0.2) is 21.7 Å². The minimum atomic E-state index is -0.446. The zero-order valence-corrected chi connectivity index (χ0v) is 15.9. The highest BCUT2D eigenvalue weighted by molar-refractivity contribution is 6.29. The second kappa shape index (κ2) is 6.70. The number of H-pyrrole nitrogens is 1. The molecule has 138 valence electrons. The molecule has 1 aromatic heterocycles. The van der Waals surface area contributed by atoms with Crippen molar-refractivity contribution in [3.8, 4) is 0 Å². The topological polar surface area (TPSA) is 96.2 Å². The standard InChI is InChI=1S/C20H20ClN5O/c1-10(2)7-11-3-4-13(19(22)27)8-15(11)23-16-9-12-5-6-14-18(17(12)25-16)26-20(21)24-14/h3-6,8,10H,7,9H2,1-2H3,(H2,22,27)(H,23,25)(H,24,26). The van der Waals surface area contributed by atoms with Crippen molar-refractivity contribution < 1.29 is 4.79 Å². The Balaban J connectivity index is 1.70. The van der Waals surface area contributed by atoms with Crippen molar-refractivity contribution >= 4 is 45.8 Å². The highest BCUT2D eigenvalue weighted by Crippen LogP contribution is 2.35. The number of imidazole rings is 1. The summed E-state index contributed by atoms with van der Waals surface area (Å²) in [5.74, 6) is 0.848. The fourth-order valence-electron chi connectivity index (χ4n) is 3.39. The number of aliphatic imine (C=N–C) groups is 1. The maximum absolute atomic E-state index is 11.6. The van der Waals surface area contributed by atoms with Crippen LogP contribution in [0.25, 0.3) is 11.0 Å². The Morgan fingerprint density at radius 3 is 2.89 bits per heavy atom. The smallest absolute Gasteiger partial charge is 0.248 e. The highest BCUT2D eigenvalue weighted by Gasteiger charge is 2.20. The molecule has 6 nitrogen and oxygen atoms in total. The van der Waals surface area contributed by atoms with E-state index in [0.29, 0.717) is 23.2 Å². The summed E-state index contributed by atoms with van der Waals surface area (Å²) in [6, 6.07) is 9.51. The lowest BCUT2D eigenvalue weighted by Crippen LogP contribution is -2.16. The minimum Gasteiger partial charge on any atom is -0.366 e. The van der Waals surface area contributed by atoms with Crippen molar-refractivity contribution in [1.29, 1.82) is 0 Å². The predicted molar refractivity (Wildman–Crippen MR) is 109 cm³/mol. The number of hydrogen-bond acceptors (Lipinski definition) is 4. The van der Waals surface area contributed by atoms with Crippen molar-refractivity contribution in [2.24, 2.45) is 16.6 Å². The van der Waals surface area contributed by atoms with Crippen LogP contribution in [0, 0.1) is 5.92 Å². The number of primary amides is 1. The molecule has 0 saturated carbocycles. The molecule has 1 aliphatic heterocycles. The number of amides is 1. The third-order valence-electron chi connectivity index (χ3n) is 4.59. The summed E-state index contributed by atoms with van der Waals surface area (Å²) in [6.45, 7) is 4.32. The summed E-state index contributed by atoms with van der Waals surface area (Å²) >= 11 is 5.99. The Morgan fingerprint density at radius 2 is 2.15 bits per heavy atom. The van der Waals surface area contributed by atoms with Gasteiger partial charge >= 0.3 is 0 Å². The second-order valence-corrected chi connectivity index (χ2v) is 7.55. The molecule has 27 heavy (non-hydrogen) atoms. The number of carbonyl (C=O) groups is 1. The van der Waals surface area contributed by atoms with Gasteiger partial charge < -0.3 is 16.0 Å². The van der Waals surface area contributed by atoms with Gasteiger partial charge in [-0.1, -0.05) is 26.0 Å². The fourth-order valence-corrected chi connectivity index (χ4v) is 3.57. The van der Waals surface area contributed by atoms with Crippen LogP contribution in [0.4, 0.5) is 11.4 Å². The maximum atomic E-state index is 11.6. The summed E-state index contributed by atoms with van der Waals surface area (Å²) in [5, 5.41) is 3.75. The fraction of sp³-hybridized carbons (Fsp3) is 0.250. The highest BCUT2D eigenvalue weighted by atomic mass is 35.5. The normalized spacial score (nSPS) is 13.1. The number of nitrogens with zero attached hydrogens (tertiary/aromatic N) is 2. The van der Waals surface area contributed by atoms with Crippen molar-refractivity contribution in [3.63, 3.8) is 0 Å². The van der Waals surface area contributed by atoms with E-state index in [1.165, 1.54) is 0 Å². The lowest BCUT2D eigenvalue weighted by Gasteiger charge is -2.14. The molecular weight excluding hydrogens is 362 g/mol. The largest absolute Gasteiger partial charge is 0.366 e. The SMILES string of the molecule is CC(C)Cc1ccc(C(N)=O)cc1NC1=Nc2c(ccc3[nH]c(Cl)nc23)C1. The number of hydrogen-bond donors (Lipinski definition) is 3. The van der Waals surface area contributed by atoms with Gasteiger partial charge in [0, 0.05) is 17.7 Å². The first-order valence-electron chi connectivity index (χ1n) is 8.85. The van der Waals surface area contributed by atoms with Gasteiger partial charge in [0.25, 0.3) is 0 Å². The van der Waals surface area contributed by atoms with Crippen LogP contribution in [-0.2, 0) is 12.8 Å². The van der Waals surface area contributed by atoms with Gasteiger partial charge in [-0.15, -0.1) is 0 Å².